The molecule has 2 nitrogen and oxygen atoms in total. The van der Waals surface area contributed by atoms with Gasteiger partial charge in [0.15, 0.2) is 0 Å². The third-order valence-electron chi connectivity index (χ3n) is 3.92. The molecule has 0 aliphatic rings. The number of hydrogen-bond donors (Lipinski definition) is 1. The summed E-state index contributed by atoms with van der Waals surface area (Å²) in [5.41, 5.74) is 9.27. The molecule has 0 spiro atoms. The molecule has 18 heavy (non-hydrogen) atoms. The topological polar surface area (TPSA) is 35.2 Å². The fourth-order valence-electron chi connectivity index (χ4n) is 1.73. The molecule has 0 saturated heterocycles. The van der Waals surface area contributed by atoms with Crippen LogP contribution in [0.25, 0.3) is 0 Å². The van der Waals surface area contributed by atoms with Gasteiger partial charge in [-0.3, -0.25) is 0 Å². The first-order valence-electron chi connectivity index (χ1n) is 6.57. The molecule has 3 heteroatoms. The Labute approximate surface area is 113 Å². The van der Waals surface area contributed by atoms with Crippen molar-refractivity contribution in [2.75, 3.05) is 0 Å². The van der Waals surface area contributed by atoms with E-state index in [-0.39, 0.29) is 5.04 Å². The number of nitrogens with two attached hydrogens (primary N) is 1. The highest BCUT2D eigenvalue weighted by Gasteiger charge is 2.39. The minimum atomic E-state index is -1.77. The van der Waals surface area contributed by atoms with Gasteiger partial charge in [0.2, 0.25) is 0 Å². The number of rotatable bonds is 3. The van der Waals surface area contributed by atoms with Gasteiger partial charge in [0.25, 0.3) is 8.32 Å². The number of benzene rings is 1. The maximum atomic E-state index is 6.43. The summed E-state index contributed by atoms with van der Waals surface area (Å²) in [7, 11) is -1.77. The predicted octanol–water partition coefficient (Wildman–Crippen LogP) is 4.15. The maximum absolute atomic E-state index is 6.43. The molecule has 2 N–H and O–H groups in total. The zero-order valence-electron chi connectivity index (χ0n) is 12.8. The molecule has 0 amide bonds. The van der Waals surface area contributed by atoms with Gasteiger partial charge in [-0.15, -0.1) is 0 Å². The second kappa shape index (κ2) is 5.06. The van der Waals surface area contributed by atoms with Gasteiger partial charge in [0.05, 0.1) is 0 Å². The van der Waals surface area contributed by atoms with E-state index in [4.69, 9.17) is 10.2 Å². The van der Waals surface area contributed by atoms with Crippen LogP contribution in [0.5, 0.6) is 5.75 Å². The van der Waals surface area contributed by atoms with E-state index in [1.54, 1.807) is 0 Å². The van der Waals surface area contributed by atoms with Crippen molar-refractivity contribution in [1.82, 2.24) is 0 Å². The zero-order chi connectivity index (χ0) is 14.1. The zero-order valence-corrected chi connectivity index (χ0v) is 13.8. The summed E-state index contributed by atoms with van der Waals surface area (Å²) in [6.07, 6.45) is 0. The first-order valence-corrected chi connectivity index (χ1v) is 9.48. The third kappa shape index (κ3) is 3.15. The van der Waals surface area contributed by atoms with Crippen molar-refractivity contribution in [2.45, 2.75) is 59.3 Å². The van der Waals surface area contributed by atoms with Crippen LogP contribution in [0.1, 0.15) is 37.5 Å². The van der Waals surface area contributed by atoms with Crippen molar-refractivity contribution in [3.8, 4) is 5.75 Å². The van der Waals surface area contributed by atoms with Crippen molar-refractivity contribution in [3.05, 3.63) is 28.8 Å². The molecule has 1 aromatic rings. The van der Waals surface area contributed by atoms with Crippen LogP contribution in [0.2, 0.25) is 18.1 Å². The van der Waals surface area contributed by atoms with E-state index in [1.807, 2.05) is 0 Å². The van der Waals surface area contributed by atoms with E-state index in [2.05, 4.69) is 59.8 Å². The highest BCUT2D eigenvalue weighted by molar-refractivity contribution is 6.74. The van der Waals surface area contributed by atoms with Crippen molar-refractivity contribution < 1.29 is 4.43 Å². The molecule has 0 aliphatic heterocycles. The Kier molecular flexibility index (Phi) is 4.29. The Morgan fingerprint density at radius 3 is 1.89 bits per heavy atom. The van der Waals surface area contributed by atoms with Gasteiger partial charge < -0.3 is 10.2 Å². The fraction of sp³-hybridized carbons (Fsp3) is 0.600. The van der Waals surface area contributed by atoms with Gasteiger partial charge in [-0.1, -0.05) is 32.9 Å². The van der Waals surface area contributed by atoms with Crippen LogP contribution in [0.3, 0.4) is 0 Å². The summed E-state index contributed by atoms with van der Waals surface area (Å²) >= 11 is 0. The third-order valence-corrected chi connectivity index (χ3v) is 8.25. The van der Waals surface area contributed by atoms with E-state index >= 15 is 0 Å². The Morgan fingerprint density at radius 2 is 1.56 bits per heavy atom. The van der Waals surface area contributed by atoms with Crippen LogP contribution in [0, 0.1) is 13.8 Å². The smallest absolute Gasteiger partial charge is 0.250 e. The minimum Gasteiger partial charge on any atom is -0.543 e. The Balaban J connectivity index is 3.13. The first kappa shape index (κ1) is 15.3. The lowest BCUT2D eigenvalue weighted by molar-refractivity contribution is 0.486. The van der Waals surface area contributed by atoms with Gasteiger partial charge in [0.1, 0.15) is 5.75 Å². The highest BCUT2D eigenvalue weighted by Crippen LogP contribution is 2.39. The van der Waals surface area contributed by atoms with Crippen LogP contribution in [-0.2, 0) is 6.54 Å². The van der Waals surface area contributed by atoms with Gasteiger partial charge >= 0.3 is 0 Å². The van der Waals surface area contributed by atoms with Gasteiger partial charge in [-0.2, -0.15) is 0 Å². The van der Waals surface area contributed by atoms with Crippen molar-refractivity contribution in [3.63, 3.8) is 0 Å². The fourth-order valence-corrected chi connectivity index (χ4v) is 2.87. The van der Waals surface area contributed by atoms with Crippen molar-refractivity contribution in [2.24, 2.45) is 5.73 Å². The van der Waals surface area contributed by atoms with Gasteiger partial charge in [-0.25, -0.2) is 0 Å². The molecule has 0 atom stereocenters. The molecule has 0 aliphatic carbocycles. The van der Waals surface area contributed by atoms with Crippen LogP contribution < -0.4 is 10.2 Å². The number of aryl methyl sites for hydroxylation is 2. The maximum Gasteiger partial charge on any atom is 0.250 e. The quantitative estimate of drug-likeness (QED) is 0.833. The molecule has 102 valence electrons. The summed E-state index contributed by atoms with van der Waals surface area (Å²) < 4.78 is 6.43. The van der Waals surface area contributed by atoms with E-state index in [9.17, 15) is 0 Å². The Morgan fingerprint density at radius 1 is 1.11 bits per heavy atom. The lowest BCUT2D eigenvalue weighted by Crippen LogP contribution is -2.44. The van der Waals surface area contributed by atoms with Crippen molar-refractivity contribution >= 4 is 8.32 Å². The normalized spacial score (nSPS) is 12.7. The average molecular weight is 265 g/mol. The second-order valence-electron chi connectivity index (χ2n) is 6.63. The molecule has 1 rings (SSSR count). The molecular formula is C15H27NOSi. The van der Waals surface area contributed by atoms with Crippen LogP contribution >= 0.6 is 0 Å². The van der Waals surface area contributed by atoms with E-state index in [0.717, 1.165) is 5.75 Å². The first-order chi connectivity index (χ1) is 8.08. The summed E-state index contributed by atoms with van der Waals surface area (Å²) in [6.45, 7) is 16.1. The molecule has 1 aromatic carbocycles. The molecule has 0 radical (unpaired) electrons. The van der Waals surface area contributed by atoms with Crippen LogP contribution in [0.4, 0.5) is 0 Å². The molecule has 0 heterocycles. The van der Waals surface area contributed by atoms with Crippen molar-refractivity contribution in [1.29, 1.82) is 0 Å². The molecule has 0 saturated carbocycles. The Hall–Kier alpha value is -0.803. The minimum absolute atomic E-state index is 0.221. The predicted molar refractivity (Wildman–Crippen MR) is 81.6 cm³/mol. The molecule has 0 bridgehead atoms. The van der Waals surface area contributed by atoms with Gasteiger partial charge in [-0.05, 0) is 48.7 Å². The largest absolute Gasteiger partial charge is 0.543 e. The van der Waals surface area contributed by atoms with Gasteiger partial charge in [0, 0.05) is 6.54 Å². The molecule has 0 fully saturated rings. The molecular weight excluding hydrogens is 238 g/mol. The van der Waals surface area contributed by atoms with E-state index < -0.39 is 8.32 Å². The van der Waals surface area contributed by atoms with Crippen LogP contribution in [0.15, 0.2) is 12.1 Å². The van der Waals surface area contributed by atoms with Crippen LogP contribution in [-0.4, -0.2) is 8.32 Å². The highest BCUT2D eigenvalue weighted by atomic mass is 28.4. The molecule has 0 unspecified atom stereocenters. The summed E-state index contributed by atoms with van der Waals surface area (Å²) in [5, 5.41) is 0.221. The summed E-state index contributed by atoms with van der Waals surface area (Å²) in [6, 6.07) is 4.27. The Bertz CT molecular complexity index is 410. The lowest BCUT2D eigenvalue weighted by atomic mass is 10.1. The lowest BCUT2D eigenvalue weighted by Gasteiger charge is -2.37. The second-order valence-corrected chi connectivity index (χ2v) is 11.3. The SMILES string of the molecule is Cc1cc(CN)cc(C)c1O[Si](C)(C)C(C)(C)C. The average Bonchev–Trinajstić information content (AvgIpc) is 2.21. The monoisotopic (exact) mass is 265 g/mol. The van der Waals surface area contributed by atoms with E-state index in [1.165, 1.54) is 16.7 Å². The standard InChI is InChI=1S/C15H27NOSi/c1-11-8-13(10-16)9-12(2)14(11)17-18(6,7)15(3,4)5/h8-9H,10,16H2,1-7H3. The summed E-state index contributed by atoms with van der Waals surface area (Å²) in [5.74, 6) is 1.05. The summed E-state index contributed by atoms with van der Waals surface area (Å²) in [4.78, 5) is 0. The van der Waals surface area contributed by atoms with E-state index in [0.29, 0.717) is 6.54 Å². The molecule has 0 aromatic heterocycles. The number of hydrogen-bond acceptors (Lipinski definition) is 2.